The molecule has 6 nitrogen and oxygen atoms in total. The summed E-state index contributed by atoms with van der Waals surface area (Å²) in [4.78, 5) is 26.3. The molecule has 1 aromatic carbocycles. The Bertz CT molecular complexity index is 630. The monoisotopic (exact) mass is 363 g/mol. The van der Waals surface area contributed by atoms with E-state index in [2.05, 4.69) is 15.5 Å². The standard InChI is InChI=1S/C18H25N3O3S/c1-25-16-5-3-2-4-15(16)20-18(24)19-13-8-14(9-13)21(11-17(22)23)10-12-6-7-12/h2-5,12-14H,6-11H2,1H3,(H,22,23)(H2,19,20,24). The van der Waals surface area contributed by atoms with Gasteiger partial charge in [-0.3, -0.25) is 9.69 Å². The molecule has 0 heterocycles. The lowest BCUT2D eigenvalue weighted by Crippen LogP contribution is -2.55. The summed E-state index contributed by atoms with van der Waals surface area (Å²) < 4.78 is 0. The lowest BCUT2D eigenvalue weighted by atomic mass is 9.85. The van der Waals surface area contributed by atoms with E-state index in [1.807, 2.05) is 30.5 Å². The van der Waals surface area contributed by atoms with Gasteiger partial charge in [0.05, 0.1) is 12.2 Å². The Morgan fingerprint density at radius 2 is 2.00 bits per heavy atom. The van der Waals surface area contributed by atoms with E-state index in [1.165, 1.54) is 12.8 Å². The van der Waals surface area contributed by atoms with E-state index >= 15 is 0 Å². The molecule has 0 atom stereocenters. The summed E-state index contributed by atoms with van der Waals surface area (Å²) in [5.74, 6) is -0.110. The first-order chi connectivity index (χ1) is 12.0. The Morgan fingerprint density at radius 3 is 2.64 bits per heavy atom. The molecule has 2 aliphatic rings. The summed E-state index contributed by atoms with van der Waals surface area (Å²) in [6, 6.07) is 7.89. The average molecular weight is 363 g/mol. The van der Waals surface area contributed by atoms with E-state index in [4.69, 9.17) is 5.11 Å². The zero-order chi connectivity index (χ0) is 17.8. The van der Waals surface area contributed by atoms with Crippen molar-refractivity contribution in [3.8, 4) is 0 Å². The fraction of sp³-hybridized carbons (Fsp3) is 0.556. The van der Waals surface area contributed by atoms with Crippen molar-refractivity contribution in [2.24, 2.45) is 5.92 Å². The van der Waals surface area contributed by atoms with Crippen LogP contribution in [0.2, 0.25) is 0 Å². The topological polar surface area (TPSA) is 81.7 Å². The van der Waals surface area contributed by atoms with Crippen molar-refractivity contribution in [1.29, 1.82) is 0 Å². The van der Waals surface area contributed by atoms with Gasteiger partial charge < -0.3 is 15.7 Å². The number of aliphatic carboxylic acids is 1. The van der Waals surface area contributed by atoms with Gasteiger partial charge in [0.1, 0.15) is 0 Å². The lowest BCUT2D eigenvalue weighted by Gasteiger charge is -2.42. The van der Waals surface area contributed by atoms with Crippen LogP contribution < -0.4 is 10.6 Å². The Kier molecular flexibility index (Phi) is 5.86. The number of amides is 2. The molecule has 0 unspecified atom stereocenters. The molecule has 3 N–H and O–H groups in total. The Balaban J connectivity index is 1.45. The summed E-state index contributed by atoms with van der Waals surface area (Å²) in [6.07, 6.45) is 6.03. The minimum Gasteiger partial charge on any atom is -0.480 e. The summed E-state index contributed by atoms with van der Waals surface area (Å²) in [5.41, 5.74) is 0.810. The Labute approximate surface area is 152 Å². The number of para-hydroxylation sites is 1. The molecule has 2 amide bonds. The second kappa shape index (κ2) is 8.10. The quantitative estimate of drug-likeness (QED) is 0.619. The third-order valence-electron chi connectivity index (χ3n) is 4.85. The number of anilines is 1. The molecule has 7 heteroatoms. The van der Waals surface area contributed by atoms with Crippen LogP contribution in [-0.2, 0) is 4.79 Å². The van der Waals surface area contributed by atoms with E-state index in [1.54, 1.807) is 11.8 Å². The predicted molar refractivity (Wildman–Crippen MR) is 99.1 cm³/mol. The minimum atomic E-state index is -0.775. The fourth-order valence-electron chi connectivity index (χ4n) is 3.24. The maximum Gasteiger partial charge on any atom is 0.319 e. The van der Waals surface area contributed by atoms with E-state index in [9.17, 15) is 9.59 Å². The van der Waals surface area contributed by atoms with Gasteiger partial charge >= 0.3 is 12.0 Å². The maximum atomic E-state index is 12.2. The van der Waals surface area contributed by atoms with Crippen LogP contribution in [0, 0.1) is 5.92 Å². The molecular weight excluding hydrogens is 338 g/mol. The number of carbonyl (C=O) groups excluding carboxylic acids is 1. The molecule has 2 saturated carbocycles. The first-order valence-corrected chi connectivity index (χ1v) is 9.94. The molecular formula is C18H25N3O3S. The summed E-state index contributed by atoms with van der Waals surface area (Å²) in [5, 5.41) is 15.0. The van der Waals surface area contributed by atoms with E-state index < -0.39 is 5.97 Å². The Hall–Kier alpha value is -1.73. The van der Waals surface area contributed by atoms with Crippen molar-refractivity contribution in [2.75, 3.05) is 24.7 Å². The van der Waals surface area contributed by atoms with Gasteiger partial charge in [0, 0.05) is 23.5 Å². The van der Waals surface area contributed by atoms with Crippen molar-refractivity contribution < 1.29 is 14.7 Å². The third-order valence-corrected chi connectivity index (χ3v) is 5.64. The van der Waals surface area contributed by atoms with Crippen LogP contribution in [0.15, 0.2) is 29.2 Å². The highest BCUT2D eigenvalue weighted by Crippen LogP contribution is 2.34. The van der Waals surface area contributed by atoms with Crippen molar-refractivity contribution in [3.63, 3.8) is 0 Å². The summed E-state index contributed by atoms with van der Waals surface area (Å²) in [6.45, 7) is 0.970. The largest absolute Gasteiger partial charge is 0.480 e. The van der Waals surface area contributed by atoms with Crippen LogP contribution in [0.4, 0.5) is 10.5 Å². The number of nitrogens with zero attached hydrogens (tertiary/aromatic N) is 1. The third kappa shape index (κ3) is 5.12. The molecule has 0 spiro atoms. The molecule has 0 radical (unpaired) electrons. The van der Waals surface area contributed by atoms with E-state index in [-0.39, 0.29) is 24.7 Å². The van der Waals surface area contributed by atoms with Crippen LogP contribution in [0.25, 0.3) is 0 Å². The number of carbonyl (C=O) groups is 2. The zero-order valence-electron chi connectivity index (χ0n) is 14.4. The van der Waals surface area contributed by atoms with Crippen molar-refractivity contribution >= 4 is 29.4 Å². The number of thioether (sulfide) groups is 1. The van der Waals surface area contributed by atoms with Gasteiger partial charge in [-0.2, -0.15) is 0 Å². The van der Waals surface area contributed by atoms with Crippen LogP contribution >= 0.6 is 11.8 Å². The molecule has 1 aromatic rings. The summed E-state index contributed by atoms with van der Waals surface area (Å²) in [7, 11) is 0. The van der Waals surface area contributed by atoms with Gasteiger partial charge in [-0.15, -0.1) is 11.8 Å². The number of urea groups is 1. The molecule has 3 rings (SSSR count). The normalized spacial score (nSPS) is 22.3. The lowest BCUT2D eigenvalue weighted by molar-refractivity contribution is -0.139. The van der Waals surface area contributed by atoms with Gasteiger partial charge in [-0.1, -0.05) is 12.1 Å². The highest BCUT2D eigenvalue weighted by atomic mass is 32.2. The van der Waals surface area contributed by atoms with Crippen LogP contribution in [-0.4, -0.2) is 53.4 Å². The number of rotatable bonds is 8. The van der Waals surface area contributed by atoms with Gasteiger partial charge in [0.2, 0.25) is 0 Å². The number of hydrogen-bond donors (Lipinski definition) is 3. The highest BCUT2D eigenvalue weighted by molar-refractivity contribution is 7.98. The van der Waals surface area contributed by atoms with Crippen LogP contribution in [0.3, 0.4) is 0 Å². The van der Waals surface area contributed by atoms with Gasteiger partial charge in [-0.05, 0) is 50.0 Å². The number of nitrogens with one attached hydrogen (secondary N) is 2. The molecule has 0 saturated heterocycles. The number of hydrogen-bond acceptors (Lipinski definition) is 4. The number of benzene rings is 1. The average Bonchev–Trinajstić information content (AvgIpc) is 3.34. The first kappa shape index (κ1) is 18.1. The van der Waals surface area contributed by atoms with Gasteiger partial charge in [-0.25, -0.2) is 4.79 Å². The second-order valence-corrected chi connectivity index (χ2v) is 7.74. The number of carboxylic acid groups (broad SMARTS) is 1. The smallest absolute Gasteiger partial charge is 0.319 e. The van der Waals surface area contributed by atoms with E-state index in [0.717, 1.165) is 30.0 Å². The molecule has 2 aliphatic carbocycles. The van der Waals surface area contributed by atoms with Crippen molar-refractivity contribution in [2.45, 2.75) is 42.7 Å². The van der Waals surface area contributed by atoms with Gasteiger partial charge in [0.15, 0.2) is 0 Å². The molecule has 0 aromatic heterocycles. The molecule has 0 aliphatic heterocycles. The molecule has 0 bridgehead atoms. The highest BCUT2D eigenvalue weighted by Gasteiger charge is 2.37. The SMILES string of the molecule is CSc1ccccc1NC(=O)NC1CC(N(CC(=O)O)CC2CC2)C1. The van der Waals surface area contributed by atoms with Crippen LogP contribution in [0.1, 0.15) is 25.7 Å². The minimum absolute atomic E-state index is 0.0984. The van der Waals surface area contributed by atoms with Crippen molar-refractivity contribution in [3.05, 3.63) is 24.3 Å². The first-order valence-electron chi connectivity index (χ1n) is 8.71. The Morgan fingerprint density at radius 1 is 1.28 bits per heavy atom. The maximum absolute atomic E-state index is 12.2. The zero-order valence-corrected chi connectivity index (χ0v) is 15.2. The molecule has 25 heavy (non-hydrogen) atoms. The fourth-order valence-corrected chi connectivity index (χ4v) is 3.80. The van der Waals surface area contributed by atoms with Gasteiger partial charge in [0.25, 0.3) is 0 Å². The van der Waals surface area contributed by atoms with Crippen molar-refractivity contribution in [1.82, 2.24) is 10.2 Å². The molecule has 136 valence electrons. The number of carboxylic acids is 1. The summed E-state index contributed by atoms with van der Waals surface area (Å²) >= 11 is 1.59. The second-order valence-electron chi connectivity index (χ2n) is 6.89. The van der Waals surface area contributed by atoms with Crippen LogP contribution in [0.5, 0.6) is 0 Å². The van der Waals surface area contributed by atoms with E-state index in [0.29, 0.717) is 5.92 Å². The molecule has 2 fully saturated rings. The predicted octanol–water partition coefficient (Wildman–Crippen LogP) is 2.86.